The van der Waals surface area contributed by atoms with Gasteiger partial charge in [-0.05, 0) is 25.5 Å². The molecule has 3 atom stereocenters. The van der Waals surface area contributed by atoms with Crippen molar-refractivity contribution < 1.29 is 23.4 Å². The maximum Gasteiger partial charge on any atom is 0.416 e. The first-order valence-electron chi connectivity index (χ1n) is 8.17. The molecule has 4 nitrogen and oxygen atoms in total. The molecule has 136 valence electrons. The Morgan fingerprint density at radius 3 is 2.42 bits per heavy atom. The van der Waals surface area contributed by atoms with Gasteiger partial charge >= 0.3 is 6.18 Å². The minimum Gasteiger partial charge on any atom is -0.392 e. The summed E-state index contributed by atoms with van der Waals surface area (Å²) in [7, 11) is 0. The van der Waals surface area contributed by atoms with Gasteiger partial charge in [0.1, 0.15) is 0 Å². The van der Waals surface area contributed by atoms with Crippen LogP contribution in [0.5, 0.6) is 0 Å². The van der Waals surface area contributed by atoms with Crippen LogP contribution in [0.3, 0.4) is 0 Å². The Morgan fingerprint density at radius 2 is 1.83 bits per heavy atom. The van der Waals surface area contributed by atoms with Gasteiger partial charge in [-0.15, -0.1) is 0 Å². The minimum atomic E-state index is -4.47. The van der Waals surface area contributed by atoms with Crippen LogP contribution in [-0.2, 0) is 6.18 Å². The first-order chi connectivity index (χ1) is 11.2. The third-order valence-electron chi connectivity index (χ3n) is 4.40. The molecule has 1 aromatic carbocycles. The Balaban J connectivity index is 2.00. The van der Waals surface area contributed by atoms with E-state index in [4.69, 9.17) is 0 Å². The molecular weight excluding hydrogens is 321 g/mol. The summed E-state index contributed by atoms with van der Waals surface area (Å²) in [6.45, 7) is 6.52. The Labute approximate surface area is 140 Å². The number of alkyl halides is 3. The number of β-amino-alcohol motifs (C(OH)–C–C–N with tert-alkyl or cyclic N) is 2. The molecular formula is C17H25F3N2O2. The highest BCUT2D eigenvalue weighted by molar-refractivity contribution is 5.31. The van der Waals surface area contributed by atoms with E-state index in [1.807, 2.05) is 11.8 Å². The lowest BCUT2D eigenvalue weighted by Crippen LogP contribution is -2.54. The fourth-order valence-electron chi connectivity index (χ4n) is 3.24. The molecule has 0 amide bonds. The van der Waals surface area contributed by atoms with Gasteiger partial charge in [0.15, 0.2) is 0 Å². The number of benzene rings is 1. The lowest BCUT2D eigenvalue weighted by atomic mass is 10.0. The Kier molecular flexibility index (Phi) is 6.25. The summed E-state index contributed by atoms with van der Waals surface area (Å²) >= 11 is 0. The van der Waals surface area contributed by atoms with Gasteiger partial charge in [-0.2, -0.15) is 13.2 Å². The number of aliphatic hydroxyl groups is 2. The number of piperazine rings is 1. The van der Waals surface area contributed by atoms with E-state index in [1.165, 1.54) is 18.2 Å². The van der Waals surface area contributed by atoms with Gasteiger partial charge in [-0.1, -0.05) is 18.2 Å². The number of aliphatic hydroxyl groups excluding tert-OH is 2. The van der Waals surface area contributed by atoms with Crippen LogP contribution in [0.1, 0.15) is 31.1 Å². The molecule has 0 bridgehead atoms. The predicted molar refractivity (Wildman–Crippen MR) is 85.6 cm³/mol. The van der Waals surface area contributed by atoms with Crippen LogP contribution in [0.25, 0.3) is 0 Å². The zero-order valence-corrected chi connectivity index (χ0v) is 14.0. The zero-order chi connectivity index (χ0) is 17.9. The van der Waals surface area contributed by atoms with E-state index in [0.717, 1.165) is 12.6 Å². The summed E-state index contributed by atoms with van der Waals surface area (Å²) in [6.07, 6.45) is -6.07. The molecule has 1 fully saturated rings. The predicted octanol–water partition coefficient (Wildman–Crippen LogP) is 2.13. The SMILES string of the molecule is C[C@H](O)CN1CCN(C[C@H](O)c2ccccc2C(F)(F)F)C[C@@H]1C. The standard InChI is InChI=1S/C17H25F3N2O2/c1-12-9-21(7-8-22(12)10-13(2)23)11-16(24)14-5-3-4-6-15(14)17(18,19)20/h3-6,12-13,16,23-24H,7-11H2,1-2H3/t12-,13-,16-/m0/s1. The summed E-state index contributed by atoms with van der Waals surface area (Å²) in [5.41, 5.74) is -0.859. The average Bonchev–Trinajstić information content (AvgIpc) is 2.49. The summed E-state index contributed by atoms with van der Waals surface area (Å²) < 4.78 is 39.2. The van der Waals surface area contributed by atoms with E-state index >= 15 is 0 Å². The molecule has 2 N–H and O–H groups in total. The number of nitrogens with zero attached hydrogens (tertiary/aromatic N) is 2. The Bertz CT molecular complexity index is 537. The van der Waals surface area contributed by atoms with Gasteiger partial charge in [-0.3, -0.25) is 9.80 Å². The van der Waals surface area contributed by atoms with Crippen molar-refractivity contribution in [2.75, 3.05) is 32.7 Å². The average molecular weight is 346 g/mol. The molecule has 0 radical (unpaired) electrons. The summed E-state index contributed by atoms with van der Waals surface area (Å²) in [6, 6.07) is 5.35. The molecule has 1 aliphatic rings. The first-order valence-corrected chi connectivity index (χ1v) is 8.17. The molecule has 2 rings (SSSR count). The van der Waals surface area contributed by atoms with Crippen molar-refractivity contribution in [2.45, 2.75) is 38.3 Å². The van der Waals surface area contributed by atoms with E-state index < -0.39 is 23.9 Å². The smallest absolute Gasteiger partial charge is 0.392 e. The molecule has 0 aliphatic carbocycles. The molecule has 1 saturated heterocycles. The van der Waals surface area contributed by atoms with E-state index in [0.29, 0.717) is 19.6 Å². The maximum atomic E-state index is 13.1. The van der Waals surface area contributed by atoms with Crippen molar-refractivity contribution in [3.63, 3.8) is 0 Å². The molecule has 0 saturated carbocycles. The van der Waals surface area contributed by atoms with Crippen molar-refractivity contribution in [1.29, 1.82) is 0 Å². The lowest BCUT2D eigenvalue weighted by Gasteiger charge is -2.41. The maximum absolute atomic E-state index is 13.1. The summed E-state index contributed by atoms with van der Waals surface area (Å²) in [4.78, 5) is 4.12. The van der Waals surface area contributed by atoms with Crippen LogP contribution in [0.15, 0.2) is 24.3 Å². The van der Waals surface area contributed by atoms with Gasteiger partial charge < -0.3 is 10.2 Å². The van der Waals surface area contributed by atoms with Crippen molar-refractivity contribution in [2.24, 2.45) is 0 Å². The summed E-state index contributed by atoms with van der Waals surface area (Å²) in [5, 5.41) is 19.8. The van der Waals surface area contributed by atoms with Crippen molar-refractivity contribution in [1.82, 2.24) is 9.80 Å². The molecule has 1 aliphatic heterocycles. The molecule has 0 unspecified atom stereocenters. The van der Waals surface area contributed by atoms with E-state index in [-0.39, 0.29) is 18.2 Å². The fourth-order valence-corrected chi connectivity index (χ4v) is 3.24. The van der Waals surface area contributed by atoms with E-state index in [2.05, 4.69) is 4.90 Å². The van der Waals surface area contributed by atoms with E-state index in [9.17, 15) is 23.4 Å². The van der Waals surface area contributed by atoms with Gasteiger partial charge in [0.25, 0.3) is 0 Å². The molecule has 1 aromatic rings. The first kappa shape index (κ1) is 19.2. The molecule has 24 heavy (non-hydrogen) atoms. The van der Waals surface area contributed by atoms with Crippen LogP contribution in [-0.4, -0.2) is 64.9 Å². The van der Waals surface area contributed by atoms with Crippen LogP contribution < -0.4 is 0 Å². The Morgan fingerprint density at radius 1 is 1.17 bits per heavy atom. The lowest BCUT2D eigenvalue weighted by molar-refractivity contribution is -0.139. The second kappa shape index (κ2) is 7.82. The fraction of sp³-hybridized carbons (Fsp3) is 0.647. The van der Waals surface area contributed by atoms with Gasteiger partial charge in [-0.25, -0.2) is 0 Å². The van der Waals surface area contributed by atoms with Gasteiger partial charge in [0.05, 0.1) is 17.8 Å². The molecule has 0 spiro atoms. The largest absolute Gasteiger partial charge is 0.416 e. The third-order valence-corrected chi connectivity index (χ3v) is 4.40. The van der Waals surface area contributed by atoms with Crippen molar-refractivity contribution in [3.05, 3.63) is 35.4 Å². The van der Waals surface area contributed by atoms with Gasteiger partial charge in [0.2, 0.25) is 0 Å². The topological polar surface area (TPSA) is 46.9 Å². The van der Waals surface area contributed by atoms with E-state index in [1.54, 1.807) is 6.92 Å². The Hall–Kier alpha value is -1.15. The van der Waals surface area contributed by atoms with Gasteiger partial charge in [0, 0.05) is 38.8 Å². The molecule has 1 heterocycles. The molecule has 0 aromatic heterocycles. The van der Waals surface area contributed by atoms with Crippen LogP contribution in [0.4, 0.5) is 13.2 Å². The number of hydrogen-bond acceptors (Lipinski definition) is 4. The van der Waals surface area contributed by atoms with Crippen LogP contribution in [0.2, 0.25) is 0 Å². The highest BCUT2D eigenvalue weighted by Crippen LogP contribution is 2.34. The molecule has 7 heteroatoms. The second-order valence-electron chi connectivity index (χ2n) is 6.55. The van der Waals surface area contributed by atoms with Crippen molar-refractivity contribution >= 4 is 0 Å². The monoisotopic (exact) mass is 346 g/mol. The van der Waals surface area contributed by atoms with Crippen LogP contribution >= 0.6 is 0 Å². The number of hydrogen-bond donors (Lipinski definition) is 2. The number of rotatable bonds is 5. The normalized spacial score (nSPS) is 23.2. The van der Waals surface area contributed by atoms with Crippen LogP contribution in [0, 0.1) is 0 Å². The highest BCUT2D eigenvalue weighted by Gasteiger charge is 2.35. The quantitative estimate of drug-likeness (QED) is 0.857. The number of halogens is 3. The zero-order valence-electron chi connectivity index (χ0n) is 14.0. The summed E-state index contributed by atoms with van der Waals surface area (Å²) in [5.74, 6) is 0. The van der Waals surface area contributed by atoms with Crippen molar-refractivity contribution in [3.8, 4) is 0 Å². The highest BCUT2D eigenvalue weighted by atomic mass is 19.4. The minimum absolute atomic E-state index is 0.0796. The third kappa shape index (κ3) is 4.92. The second-order valence-corrected chi connectivity index (χ2v) is 6.55.